The van der Waals surface area contributed by atoms with Gasteiger partial charge in [-0.25, -0.2) is 0 Å². The van der Waals surface area contributed by atoms with Gasteiger partial charge in [0.25, 0.3) is 0 Å². The number of rotatable bonds is 3. The van der Waals surface area contributed by atoms with Crippen molar-refractivity contribution in [1.29, 1.82) is 0 Å². The molecule has 0 atom stereocenters. The van der Waals surface area contributed by atoms with Crippen LogP contribution in [0.2, 0.25) is 0 Å². The van der Waals surface area contributed by atoms with Crippen molar-refractivity contribution in [3.63, 3.8) is 0 Å². The summed E-state index contributed by atoms with van der Waals surface area (Å²) in [5.41, 5.74) is 6.83. The van der Waals surface area contributed by atoms with E-state index in [1.807, 2.05) is 30.3 Å². The van der Waals surface area contributed by atoms with Gasteiger partial charge in [0.2, 0.25) is 0 Å². The first-order valence-corrected chi connectivity index (χ1v) is 15.8. The molecule has 0 aliphatic carbocycles. The summed E-state index contributed by atoms with van der Waals surface area (Å²) in [6, 6.07) is 46.5. The number of fused-ring (bicyclic) bond motifs is 7. The lowest BCUT2D eigenvalue weighted by Gasteiger charge is -2.19. The second-order valence-electron chi connectivity index (χ2n) is 12.0. The zero-order chi connectivity index (χ0) is 35.2. The maximum atomic E-state index is 8.74. The van der Waals surface area contributed by atoms with Crippen LogP contribution in [0.15, 0.2) is 174 Å². The Labute approximate surface area is 279 Å². The van der Waals surface area contributed by atoms with Crippen LogP contribution in [0.5, 0.6) is 0 Å². The van der Waals surface area contributed by atoms with Gasteiger partial charge in [-0.3, -0.25) is 0 Å². The molecule has 10 aromatic rings. The zero-order valence-corrected chi connectivity index (χ0v) is 25.2. The summed E-state index contributed by atoms with van der Waals surface area (Å²) in [6.45, 7) is 0. The molecule has 0 unspecified atom stereocenters. The van der Waals surface area contributed by atoms with Crippen LogP contribution in [0.3, 0.4) is 0 Å². The third kappa shape index (κ3) is 3.90. The molecule has 47 heavy (non-hydrogen) atoms. The number of hydrogen-bond donors (Lipinski definition) is 0. The number of benzene rings is 9. The van der Waals surface area contributed by atoms with Crippen LogP contribution in [-0.4, -0.2) is 0 Å². The van der Waals surface area contributed by atoms with Crippen molar-refractivity contribution in [2.75, 3.05) is 0 Å². The maximum absolute atomic E-state index is 8.74. The Morgan fingerprint density at radius 1 is 0.383 bits per heavy atom. The lowest BCUT2D eigenvalue weighted by Crippen LogP contribution is -1.92. The molecule has 0 aliphatic rings. The highest BCUT2D eigenvalue weighted by Gasteiger charge is 2.21. The highest BCUT2D eigenvalue weighted by molar-refractivity contribution is 6.27. The Kier molecular flexibility index (Phi) is 4.66. The third-order valence-electron chi connectivity index (χ3n) is 9.52. The minimum Gasteiger partial charge on any atom is -0.456 e. The van der Waals surface area contributed by atoms with Gasteiger partial charge in [0.05, 0.1) is 6.85 Å². The van der Waals surface area contributed by atoms with Crippen molar-refractivity contribution in [2.45, 2.75) is 0 Å². The van der Waals surface area contributed by atoms with E-state index in [0.717, 1.165) is 87.3 Å². The van der Waals surface area contributed by atoms with Crippen LogP contribution < -0.4 is 0 Å². The summed E-state index contributed by atoms with van der Waals surface area (Å²) in [7, 11) is 0. The zero-order valence-electron chi connectivity index (χ0n) is 30.2. The topological polar surface area (TPSA) is 13.1 Å². The molecule has 0 saturated carbocycles. The van der Waals surface area contributed by atoms with Crippen molar-refractivity contribution in [3.8, 4) is 33.4 Å². The third-order valence-corrected chi connectivity index (χ3v) is 9.52. The van der Waals surface area contributed by atoms with Gasteiger partial charge in [0.15, 0.2) is 0 Å². The normalized spacial score (nSPS) is 13.3. The predicted molar refractivity (Wildman–Crippen MR) is 200 cm³/mol. The Balaban J connectivity index is 1.30. The highest BCUT2D eigenvalue weighted by atomic mass is 16.3. The molecule has 1 heterocycles. The van der Waals surface area contributed by atoms with E-state index in [0.29, 0.717) is 5.56 Å². The SMILES string of the molecule is [2H]c1c([2H])c([2H])c(-c2cccc3c(-c4c5ccccc5c(-c5cccc6oc7cc8ccccc8cc7c56)c5ccccc45)cccc23)c([2H])c1[2H]. The standard InChI is InChI=1S/C46H28O/c1-2-13-29(14-3-1)32-21-10-23-34-33(32)22-11-24-35(34)44-36-17-6-8-19-38(36)45(39-20-9-7-18-37(39)44)40-25-12-26-42-46(40)41-27-30-15-4-5-16-31(30)28-43(41)47-42/h1-28H/i1D,2D,3D,13D,14D. The molecule has 218 valence electrons. The summed E-state index contributed by atoms with van der Waals surface area (Å²) >= 11 is 0. The van der Waals surface area contributed by atoms with Gasteiger partial charge in [-0.05, 0) is 94.7 Å². The van der Waals surface area contributed by atoms with Crippen LogP contribution in [-0.2, 0) is 0 Å². The van der Waals surface area contributed by atoms with Crippen molar-refractivity contribution in [1.82, 2.24) is 0 Å². The number of furan rings is 1. The number of hydrogen-bond acceptors (Lipinski definition) is 1. The molecule has 0 radical (unpaired) electrons. The molecule has 0 saturated heterocycles. The molecule has 0 spiro atoms. The quantitative estimate of drug-likeness (QED) is 0.184. The first-order valence-electron chi connectivity index (χ1n) is 18.3. The van der Waals surface area contributed by atoms with E-state index >= 15 is 0 Å². The van der Waals surface area contributed by atoms with Gasteiger partial charge >= 0.3 is 0 Å². The lowest BCUT2D eigenvalue weighted by atomic mass is 9.83. The monoisotopic (exact) mass is 601 g/mol. The minimum atomic E-state index is -0.398. The van der Waals surface area contributed by atoms with E-state index in [4.69, 9.17) is 11.3 Å². The molecule has 0 fully saturated rings. The lowest BCUT2D eigenvalue weighted by molar-refractivity contribution is 0.669. The Morgan fingerprint density at radius 2 is 0.894 bits per heavy atom. The predicted octanol–water partition coefficient (Wildman–Crippen LogP) is 13.2. The van der Waals surface area contributed by atoms with Crippen LogP contribution in [0.1, 0.15) is 6.85 Å². The second-order valence-corrected chi connectivity index (χ2v) is 12.0. The fourth-order valence-corrected chi connectivity index (χ4v) is 7.56. The molecule has 1 aromatic heterocycles. The van der Waals surface area contributed by atoms with Crippen molar-refractivity contribution in [3.05, 3.63) is 170 Å². The van der Waals surface area contributed by atoms with E-state index < -0.39 is 6.04 Å². The van der Waals surface area contributed by atoms with Crippen molar-refractivity contribution in [2.24, 2.45) is 0 Å². The molecule has 0 aliphatic heterocycles. The van der Waals surface area contributed by atoms with Crippen LogP contribution in [0.25, 0.3) is 98.4 Å². The minimum absolute atomic E-state index is 0.201. The van der Waals surface area contributed by atoms with Crippen LogP contribution in [0, 0.1) is 0 Å². The van der Waals surface area contributed by atoms with Crippen LogP contribution in [0.4, 0.5) is 0 Å². The fourth-order valence-electron chi connectivity index (χ4n) is 7.56. The Bertz CT molecular complexity index is 3050. The van der Waals surface area contributed by atoms with Crippen molar-refractivity contribution >= 4 is 65.0 Å². The maximum Gasteiger partial charge on any atom is 0.136 e. The molecule has 9 aromatic carbocycles. The van der Waals surface area contributed by atoms with Gasteiger partial charge in [-0.15, -0.1) is 0 Å². The van der Waals surface area contributed by atoms with Gasteiger partial charge in [0, 0.05) is 10.8 Å². The largest absolute Gasteiger partial charge is 0.456 e. The van der Waals surface area contributed by atoms with Crippen molar-refractivity contribution < 1.29 is 11.3 Å². The van der Waals surface area contributed by atoms with Gasteiger partial charge in [0.1, 0.15) is 11.2 Å². The molecule has 0 bridgehead atoms. The molecule has 0 N–H and O–H groups in total. The molecule has 0 amide bonds. The average molecular weight is 602 g/mol. The molecule has 1 nitrogen and oxygen atoms in total. The summed E-state index contributed by atoms with van der Waals surface area (Å²) in [5, 5.41) is 10.6. The Hall–Kier alpha value is -6.18. The first kappa shape index (κ1) is 21.5. The molecular formula is C46H28O. The smallest absolute Gasteiger partial charge is 0.136 e. The van der Waals surface area contributed by atoms with Crippen LogP contribution >= 0.6 is 0 Å². The summed E-state index contributed by atoms with van der Waals surface area (Å²) in [6.07, 6.45) is 0. The van der Waals surface area contributed by atoms with E-state index in [2.05, 4.69) is 109 Å². The van der Waals surface area contributed by atoms with Gasteiger partial charge < -0.3 is 4.42 Å². The summed E-state index contributed by atoms with van der Waals surface area (Å²) < 4.78 is 48.8. The van der Waals surface area contributed by atoms with E-state index in [9.17, 15) is 0 Å². The summed E-state index contributed by atoms with van der Waals surface area (Å²) in [5.74, 6) is 0. The van der Waals surface area contributed by atoms with Gasteiger partial charge in [-0.1, -0.05) is 152 Å². The van der Waals surface area contributed by atoms with E-state index in [1.54, 1.807) is 0 Å². The molecular weight excluding hydrogens is 569 g/mol. The fraction of sp³-hybridized carbons (Fsp3) is 0. The molecule has 1 heteroatoms. The summed E-state index contributed by atoms with van der Waals surface area (Å²) in [4.78, 5) is 0. The highest BCUT2D eigenvalue weighted by Crippen LogP contribution is 2.48. The average Bonchev–Trinajstić information content (AvgIpc) is 3.55. The first-order chi connectivity index (χ1) is 25.4. The molecule has 10 rings (SSSR count). The Morgan fingerprint density at radius 3 is 1.57 bits per heavy atom. The van der Waals surface area contributed by atoms with E-state index in [-0.39, 0.29) is 29.7 Å². The second kappa shape index (κ2) is 10.2. The van der Waals surface area contributed by atoms with Gasteiger partial charge in [-0.2, -0.15) is 0 Å². The van der Waals surface area contributed by atoms with E-state index in [1.165, 1.54) is 0 Å².